The van der Waals surface area contributed by atoms with Gasteiger partial charge in [-0.2, -0.15) is 0 Å². The number of carbonyl (C=O) groups excluding carboxylic acids is 2. The van der Waals surface area contributed by atoms with Gasteiger partial charge in [0.05, 0.1) is 6.04 Å². The highest BCUT2D eigenvalue weighted by Crippen LogP contribution is 2.32. The molecule has 1 aromatic carbocycles. The van der Waals surface area contributed by atoms with Gasteiger partial charge in [-0.05, 0) is 31.4 Å². The molecule has 7 nitrogen and oxygen atoms in total. The number of urea groups is 2. The number of halogens is 2. The van der Waals surface area contributed by atoms with Crippen LogP contribution in [0.5, 0.6) is 0 Å². The smallest absolute Gasteiger partial charge is 0.317 e. The first-order chi connectivity index (χ1) is 13.4. The second-order valence-corrected chi connectivity index (χ2v) is 7.87. The third-order valence-corrected chi connectivity index (χ3v) is 5.52. The number of amides is 4. The summed E-state index contributed by atoms with van der Waals surface area (Å²) in [6.45, 7) is 0.760. The molecule has 1 aromatic rings. The van der Waals surface area contributed by atoms with Crippen molar-refractivity contribution in [2.75, 3.05) is 26.7 Å². The van der Waals surface area contributed by atoms with E-state index in [4.69, 9.17) is 11.6 Å². The topological polar surface area (TPSA) is 84.9 Å². The van der Waals surface area contributed by atoms with Crippen molar-refractivity contribution in [1.82, 2.24) is 20.4 Å². The molecule has 2 aliphatic rings. The van der Waals surface area contributed by atoms with E-state index in [-0.39, 0.29) is 43.2 Å². The predicted molar refractivity (Wildman–Crippen MR) is 104 cm³/mol. The van der Waals surface area contributed by atoms with Crippen LogP contribution < -0.4 is 10.6 Å². The van der Waals surface area contributed by atoms with E-state index in [1.54, 1.807) is 22.9 Å². The van der Waals surface area contributed by atoms with Crippen LogP contribution in [0, 0.1) is 11.7 Å². The van der Waals surface area contributed by atoms with Crippen molar-refractivity contribution in [3.8, 4) is 0 Å². The van der Waals surface area contributed by atoms with Crippen LogP contribution >= 0.6 is 11.6 Å². The fraction of sp³-hybridized carbons (Fsp3) is 0.579. The molecule has 0 aromatic heterocycles. The van der Waals surface area contributed by atoms with Crippen LogP contribution in [-0.2, 0) is 6.54 Å². The number of carbonyl (C=O) groups is 2. The molecule has 1 aliphatic carbocycles. The van der Waals surface area contributed by atoms with Crippen LogP contribution in [0.1, 0.15) is 24.8 Å². The third kappa shape index (κ3) is 4.86. The Morgan fingerprint density at radius 1 is 1.32 bits per heavy atom. The molecule has 9 heteroatoms. The van der Waals surface area contributed by atoms with E-state index in [1.165, 1.54) is 12.1 Å². The minimum atomic E-state index is -0.475. The Morgan fingerprint density at radius 3 is 2.68 bits per heavy atom. The lowest BCUT2D eigenvalue weighted by Crippen LogP contribution is -2.58. The first-order valence-electron chi connectivity index (χ1n) is 9.50. The van der Waals surface area contributed by atoms with Crippen molar-refractivity contribution >= 4 is 23.7 Å². The molecule has 3 rings (SSSR count). The van der Waals surface area contributed by atoms with E-state index < -0.39 is 5.82 Å². The maximum atomic E-state index is 13.9. The lowest BCUT2D eigenvalue weighted by Gasteiger charge is -2.42. The van der Waals surface area contributed by atoms with Crippen molar-refractivity contribution in [1.29, 1.82) is 0 Å². The van der Waals surface area contributed by atoms with Crippen LogP contribution in [-0.4, -0.2) is 65.8 Å². The molecule has 0 bridgehead atoms. The van der Waals surface area contributed by atoms with Crippen LogP contribution in [0.25, 0.3) is 0 Å². The monoisotopic (exact) mass is 412 g/mol. The Balaban J connectivity index is 1.65. The summed E-state index contributed by atoms with van der Waals surface area (Å²) in [5.74, 6) is -0.584. The van der Waals surface area contributed by atoms with Crippen LogP contribution in [0.4, 0.5) is 14.0 Å². The van der Waals surface area contributed by atoms with Crippen LogP contribution in [0.15, 0.2) is 18.2 Å². The maximum Gasteiger partial charge on any atom is 0.317 e. The third-order valence-electron chi connectivity index (χ3n) is 5.29. The number of hydrogen-bond donors (Lipinski definition) is 3. The molecular formula is C19H26ClFN4O3. The van der Waals surface area contributed by atoms with Gasteiger partial charge in [-0.3, -0.25) is 0 Å². The van der Waals surface area contributed by atoms with E-state index in [9.17, 15) is 19.1 Å². The lowest BCUT2D eigenvalue weighted by molar-refractivity contribution is 0.0689. The molecule has 1 aliphatic heterocycles. The normalized spacial score (nSPS) is 21.9. The molecule has 3 N–H and O–H groups in total. The minimum absolute atomic E-state index is 0.0363. The summed E-state index contributed by atoms with van der Waals surface area (Å²) in [6.07, 6.45) is 2.56. The van der Waals surface area contributed by atoms with Crippen molar-refractivity contribution in [2.45, 2.75) is 37.9 Å². The quantitative estimate of drug-likeness (QED) is 0.693. The number of aliphatic hydroxyl groups is 1. The zero-order chi connectivity index (χ0) is 20.3. The van der Waals surface area contributed by atoms with Crippen molar-refractivity contribution < 1.29 is 19.1 Å². The van der Waals surface area contributed by atoms with Gasteiger partial charge in [-0.1, -0.05) is 17.7 Å². The molecule has 1 heterocycles. The summed E-state index contributed by atoms with van der Waals surface area (Å²) in [7, 11) is 1.59. The number of aliphatic hydroxyl groups excluding tert-OH is 1. The molecule has 2 atom stereocenters. The summed E-state index contributed by atoms with van der Waals surface area (Å²) in [5.41, 5.74) is 0.343. The van der Waals surface area contributed by atoms with Gasteiger partial charge in [-0.15, -0.1) is 0 Å². The van der Waals surface area contributed by atoms with Gasteiger partial charge in [0.2, 0.25) is 0 Å². The van der Waals surface area contributed by atoms with Crippen molar-refractivity contribution in [3.63, 3.8) is 0 Å². The van der Waals surface area contributed by atoms with E-state index >= 15 is 0 Å². The molecule has 2 fully saturated rings. The average Bonchev–Trinajstić information content (AvgIpc) is 3.51. The first kappa shape index (κ1) is 20.7. The van der Waals surface area contributed by atoms with Gasteiger partial charge in [0.25, 0.3) is 0 Å². The Kier molecular flexibility index (Phi) is 6.61. The predicted octanol–water partition coefficient (Wildman–Crippen LogP) is 2.18. The average molecular weight is 413 g/mol. The Labute approximate surface area is 168 Å². The highest BCUT2D eigenvalue weighted by atomic mass is 35.5. The summed E-state index contributed by atoms with van der Waals surface area (Å²) >= 11 is 5.75. The number of benzene rings is 1. The highest BCUT2D eigenvalue weighted by Gasteiger charge is 2.41. The molecule has 0 spiro atoms. The first-order valence-corrected chi connectivity index (χ1v) is 9.88. The zero-order valence-electron chi connectivity index (χ0n) is 15.8. The molecule has 1 saturated heterocycles. The summed E-state index contributed by atoms with van der Waals surface area (Å²) in [4.78, 5) is 28.4. The molecule has 154 valence electrons. The zero-order valence-corrected chi connectivity index (χ0v) is 16.6. The van der Waals surface area contributed by atoms with Gasteiger partial charge in [-0.25, -0.2) is 14.0 Å². The lowest BCUT2D eigenvalue weighted by atomic mass is 9.94. The molecular weight excluding hydrogens is 387 g/mol. The van der Waals surface area contributed by atoms with Crippen LogP contribution in [0.2, 0.25) is 5.02 Å². The van der Waals surface area contributed by atoms with Gasteiger partial charge in [0, 0.05) is 55.8 Å². The highest BCUT2D eigenvalue weighted by molar-refractivity contribution is 6.30. The number of nitrogens with zero attached hydrogens (tertiary/aromatic N) is 2. The number of nitrogens with one attached hydrogen (secondary N) is 2. The minimum Gasteiger partial charge on any atom is -0.396 e. The van der Waals surface area contributed by atoms with Crippen LogP contribution in [0.3, 0.4) is 0 Å². The molecule has 0 radical (unpaired) electrons. The van der Waals surface area contributed by atoms with Gasteiger partial charge >= 0.3 is 12.1 Å². The number of piperidine rings is 1. The van der Waals surface area contributed by atoms with E-state index in [0.29, 0.717) is 30.1 Å². The Morgan fingerprint density at radius 2 is 2.07 bits per heavy atom. The van der Waals surface area contributed by atoms with Crippen molar-refractivity contribution in [3.05, 3.63) is 34.6 Å². The molecule has 1 unspecified atom stereocenters. The summed E-state index contributed by atoms with van der Waals surface area (Å²) in [5, 5.41) is 15.4. The fourth-order valence-corrected chi connectivity index (χ4v) is 3.89. The Hall–Kier alpha value is -2.06. The second kappa shape index (κ2) is 8.96. The fourth-order valence-electron chi connectivity index (χ4n) is 3.73. The SMILES string of the molecule is CNC(=O)N(C1CC1)[C@@H]1CC(CO)CN(C(=O)NCc2ccc(Cl)cc2F)C1. The van der Waals surface area contributed by atoms with Crippen molar-refractivity contribution in [2.24, 2.45) is 5.92 Å². The van der Waals surface area contributed by atoms with Gasteiger partial charge in [0.1, 0.15) is 5.82 Å². The largest absolute Gasteiger partial charge is 0.396 e. The van der Waals surface area contributed by atoms with E-state index in [2.05, 4.69) is 10.6 Å². The van der Waals surface area contributed by atoms with Gasteiger partial charge < -0.3 is 25.5 Å². The number of likely N-dealkylation sites (tertiary alicyclic amines) is 1. The Bertz CT molecular complexity index is 731. The maximum absolute atomic E-state index is 13.9. The second-order valence-electron chi connectivity index (χ2n) is 7.43. The molecule has 4 amide bonds. The number of hydrogen-bond acceptors (Lipinski definition) is 3. The standard InChI is InChI=1S/C19H26ClFN4O3/c1-22-18(27)25(15-4-5-15)16-6-12(11-26)9-24(10-16)19(28)23-8-13-2-3-14(20)7-17(13)21/h2-3,7,12,15-16,26H,4-6,8-11H2,1H3,(H,22,27)(H,23,28)/t12?,16-/m1/s1. The molecule has 28 heavy (non-hydrogen) atoms. The van der Waals surface area contributed by atoms with E-state index in [1.807, 2.05) is 0 Å². The van der Waals surface area contributed by atoms with E-state index in [0.717, 1.165) is 12.8 Å². The summed E-state index contributed by atoms with van der Waals surface area (Å²) in [6, 6.07) is 3.85. The molecule has 1 saturated carbocycles. The number of rotatable bonds is 5. The van der Waals surface area contributed by atoms with Gasteiger partial charge in [0.15, 0.2) is 0 Å². The summed E-state index contributed by atoms with van der Waals surface area (Å²) < 4.78 is 13.9.